The van der Waals surface area contributed by atoms with Gasteiger partial charge >= 0.3 is 0 Å². The Bertz CT molecular complexity index is 1140. The Morgan fingerprint density at radius 3 is 2.83 bits per heavy atom. The summed E-state index contributed by atoms with van der Waals surface area (Å²) in [5.41, 5.74) is 9.49. The van der Waals surface area contributed by atoms with Crippen LogP contribution >= 0.6 is 0 Å². The number of pyridine rings is 1. The van der Waals surface area contributed by atoms with E-state index in [1.807, 2.05) is 37.3 Å². The number of benzene rings is 2. The maximum atomic E-state index is 12.7. The second-order valence-corrected chi connectivity index (χ2v) is 9.49. The lowest BCUT2D eigenvalue weighted by atomic mass is 10.1. The number of hydrogen-bond donors (Lipinski definition) is 2. The standard InChI is InChI=1S/C22H26N4O2S/c1-16-6-4-8-18-19(24-11-5-10-23)14-21(25-22(16)18)26-12-13-29(27,28)20-9-3-2-7-17(20)15-26/h2-4,6-9,14H,5,10-13,15,23H2,1H3,(H,24,25). The first-order chi connectivity index (χ1) is 14.0. The lowest BCUT2D eigenvalue weighted by Crippen LogP contribution is -2.26. The molecule has 152 valence electrons. The highest BCUT2D eigenvalue weighted by molar-refractivity contribution is 7.91. The van der Waals surface area contributed by atoms with E-state index in [0.29, 0.717) is 24.5 Å². The second-order valence-electron chi connectivity index (χ2n) is 7.42. The third-order valence-corrected chi connectivity index (χ3v) is 7.14. The maximum absolute atomic E-state index is 12.7. The van der Waals surface area contributed by atoms with Crippen LogP contribution in [0.15, 0.2) is 53.4 Å². The minimum absolute atomic E-state index is 0.0768. The molecule has 7 heteroatoms. The van der Waals surface area contributed by atoms with E-state index in [4.69, 9.17) is 10.7 Å². The van der Waals surface area contributed by atoms with E-state index in [1.54, 1.807) is 12.1 Å². The van der Waals surface area contributed by atoms with Gasteiger partial charge in [0.05, 0.1) is 16.2 Å². The van der Waals surface area contributed by atoms with Gasteiger partial charge in [-0.1, -0.05) is 36.4 Å². The van der Waals surface area contributed by atoms with E-state index < -0.39 is 9.84 Å². The van der Waals surface area contributed by atoms with Crippen LogP contribution in [0.4, 0.5) is 11.5 Å². The van der Waals surface area contributed by atoms with Gasteiger partial charge in [-0.15, -0.1) is 0 Å². The number of hydrogen-bond acceptors (Lipinski definition) is 6. The van der Waals surface area contributed by atoms with Crippen LogP contribution in [0.5, 0.6) is 0 Å². The number of sulfone groups is 1. The molecule has 6 nitrogen and oxygen atoms in total. The van der Waals surface area contributed by atoms with Crippen LogP contribution in [0.25, 0.3) is 10.9 Å². The number of rotatable bonds is 5. The first-order valence-corrected chi connectivity index (χ1v) is 11.5. The van der Waals surface area contributed by atoms with Crippen molar-refractivity contribution in [2.24, 2.45) is 5.73 Å². The monoisotopic (exact) mass is 410 g/mol. The van der Waals surface area contributed by atoms with Crippen LogP contribution in [0.3, 0.4) is 0 Å². The number of nitrogens with zero attached hydrogens (tertiary/aromatic N) is 2. The summed E-state index contributed by atoms with van der Waals surface area (Å²) in [5, 5.41) is 4.54. The first-order valence-electron chi connectivity index (χ1n) is 9.89. The predicted molar refractivity (Wildman–Crippen MR) is 118 cm³/mol. The number of nitrogens with one attached hydrogen (secondary N) is 1. The molecule has 0 radical (unpaired) electrons. The van der Waals surface area contributed by atoms with Gasteiger partial charge in [-0.05, 0) is 37.1 Å². The molecule has 0 unspecified atom stereocenters. The number of aromatic nitrogens is 1. The van der Waals surface area contributed by atoms with Gasteiger partial charge in [0, 0.05) is 36.8 Å². The highest BCUT2D eigenvalue weighted by Crippen LogP contribution is 2.31. The van der Waals surface area contributed by atoms with Crippen molar-refractivity contribution in [3.05, 3.63) is 59.7 Å². The molecule has 1 aromatic heterocycles. The van der Waals surface area contributed by atoms with Crippen LogP contribution < -0.4 is 16.0 Å². The fourth-order valence-corrected chi connectivity index (χ4v) is 5.27. The van der Waals surface area contributed by atoms with Crippen molar-refractivity contribution in [1.82, 2.24) is 4.98 Å². The number of para-hydroxylation sites is 1. The van der Waals surface area contributed by atoms with Gasteiger partial charge < -0.3 is 16.0 Å². The van der Waals surface area contributed by atoms with Crippen LogP contribution in [0, 0.1) is 6.92 Å². The Morgan fingerprint density at radius 2 is 2.00 bits per heavy atom. The molecule has 0 spiro atoms. The predicted octanol–water partition coefficient (Wildman–Crippen LogP) is 3.10. The normalized spacial score (nSPS) is 15.7. The Hall–Kier alpha value is -2.64. The van der Waals surface area contributed by atoms with Crippen molar-refractivity contribution in [2.75, 3.05) is 35.6 Å². The van der Waals surface area contributed by atoms with Crippen LogP contribution in [0.2, 0.25) is 0 Å². The molecule has 0 amide bonds. The topological polar surface area (TPSA) is 88.3 Å². The summed E-state index contributed by atoms with van der Waals surface area (Å²) in [7, 11) is -3.30. The van der Waals surface area contributed by atoms with Crippen molar-refractivity contribution < 1.29 is 8.42 Å². The molecule has 4 rings (SSSR count). The van der Waals surface area contributed by atoms with Gasteiger partial charge in [-0.25, -0.2) is 13.4 Å². The summed E-state index contributed by atoms with van der Waals surface area (Å²) < 4.78 is 25.4. The molecule has 1 aliphatic rings. The van der Waals surface area contributed by atoms with E-state index >= 15 is 0 Å². The molecule has 0 saturated heterocycles. The quantitative estimate of drug-likeness (QED) is 0.629. The highest BCUT2D eigenvalue weighted by atomic mass is 32.2. The van der Waals surface area contributed by atoms with E-state index in [-0.39, 0.29) is 5.75 Å². The van der Waals surface area contributed by atoms with Gasteiger partial charge in [0.15, 0.2) is 9.84 Å². The number of aryl methyl sites for hydroxylation is 1. The molecule has 2 heterocycles. The zero-order valence-electron chi connectivity index (χ0n) is 16.6. The Kier molecular flexibility index (Phi) is 5.43. The first kappa shape index (κ1) is 19.7. The smallest absolute Gasteiger partial charge is 0.180 e. The van der Waals surface area contributed by atoms with E-state index in [0.717, 1.165) is 46.5 Å². The lowest BCUT2D eigenvalue weighted by molar-refractivity contribution is 0.596. The Balaban J connectivity index is 1.78. The minimum Gasteiger partial charge on any atom is -0.384 e. The largest absolute Gasteiger partial charge is 0.384 e. The van der Waals surface area contributed by atoms with Crippen molar-refractivity contribution in [1.29, 1.82) is 0 Å². The minimum atomic E-state index is -3.30. The second kappa shape index (κ2) is 8.00. The molecule has 3 N–H and O–H groups in total. The third kappa shape index (κ3) is 3.93. The molecule has 0 saturated carbocycles. The SMILES string of the molecule is Cc1cccc2c(NCCCN)cc(N3CCS(=O)(=O)c4ccccc4C3)nc12. The number of fused-ring (bicyclic) bond motifs is 2. The molecule has 3 aromatic rings. The Labute approximate surface area is 171 Å². The highest BCUT2D eigenvalue weighted by Gasteiger charge is 2.26. The van der Waals surface area contributed by atoms with Crippen molar-refractivity contribution in [2.45, 2.75) is 24.8 Å². The Morgan fingerprint density at radius 1 is 1.17 bits per heavy atom. The summed E-state index contributed by atoms with van der Waals surface area (Å²) in [6, 6.07) is 15.4. The fourth-order valence-electron chi connectivity index (χ4n) is 3.77. The molecule has 29 heavy (non-hydrogen) atoms. The third-order valence-electron chi connectivity index (χ3n) is 5.35. The average molecular weight is 411 g/mol. The summed E-state index contributed by atoms with van der Waals surface area (Å²) in [5.74, 6) is 0.863. The summed E-state index contributed by atoms with van der Waals surface area (Å²) >= 11 is 0. The van der Waals surface area contributed by atoms with E-state index in [9.17, 15) is 8.42 Å². The number of anilines is 2. The zero-order valence-corrected chi connectivity index (χ0v) is 17.4. The van der Waals surface area contributed by atoms with Crippen molar-refractivity contribution in [3.63, 3.8) is 0 Å². The summed E-state index contributed by atoms with van der Waals surface area (Å²) in [4.78, 5) is 7.41. The van der Waals surface area contributed by atoms with Gasteiger partial charge in [0.25, 0.3) is 0 Å². The molecule has 0 aliphatic carbocycles. The number of nitrogens with two attached hydrogens (primary N) is 1. The molecule has 0 atom stereocenters. The molecule has 2 aromatic carbocycles. The van der Waals surface area contributed by atoms with Gasteiger partial charge in [0.2, 0.25) is 0 Å². The van der Waals surface area contributed by atoms with Crippen LogP contribution in [0.1, 0.15) is 17.5 Å². The van der Waals surface area contributed by atoms with Crippen molar-refractivity contribution >= 4 is 32.2 Å². The maximum Gasteiger partial charge on any atom is 0.180 e. The van der Waals surface area contributed by atoms with Crippen LogP contribution in [-0.2, 0) is 16.4 Å². The fraction of sp³-hybridized carbons (Fsp3) is 0.318. The molecular formula is C22H26N4O2S. The van der Waals surface area contributed by atoms with Gasteiger partial charge in [-0.3, -0.25) is 0 Å². The lowest BCUT2D eigenvalue weighted by Gasteiger charge is -2.23. The van der Waals surface area contributed by atoms with Gasteiger partial charge in [-0.2, -0.15) is 0 Å². The van der Waals surface area contributed by atoms with E-state index in [2.05, 4.69) is 16.3 Å². The average Bonchev–Trinajstić information content (AvgIpc) is 2.85. The molecule has 0 bridgehead atoms. The zero-order chi connectivity index (χ0) is 20.4. The molecular weight excluding hydrogens is 384 g/mol. The molecule has 1 aliphatic heterocycles. The van der Waals surface area contributed by atoms with Crippen molar-refractivity contribution in [3.8, 4) is 0 Å². The summed E-state index contributed by atoms with van der Waals surface area (Å²) in [6.07, 6.45) is 0.875. The van der Waals surface area contributed by atoms with E-state index in [1.165, 1.54) is 0 Å². The van der Waals surface area contributed by atoms with Crippen LogP contribution in [-0.4, -0.2) is 38.8 Å². The summed E-state index contributed by atoms with van der Waals surface area (Å²) in [6.45, 7) is 4.37. The molecule has 0 fully saturated rings. The van der Waals surface area contributed by atoms with Gasteiger partial charge in [0.1, 0.15) is 5.82 Å².